The smallest absolute Gasteiger partial charge is 0.349 e. The zero-order valence-corrected chi connectivity index (χ0v) is 15.4. The normalized spacial score (nSPS) is 15.6. The number of H-pyrrole nitrogens is 1. The minimum absolute atomic E-state index is 0.224. The number of aromatic amines is 1. The number of hydrogen-bond acceptors (Lipinski definition) is 3. The molecule has 0 radical (unpaired) electrons. The van der Waals surface area contributed by atoms with Crippen molar-refractivity contribution in [2.24, 2.45) is 0 Å². The summed E-state index contributed by atoms with van der Waals surface area (Å²) in [6.45, 7) is 0.746. The summed E-state index contributed by atoms with van der Waals surface area (Å²) in [5, 5.41) is 0. The summed E-state index contributed by atoms with van der Waals surface area (Å²) < 4.78 is 39.9. The molecule has 1 aliphatic rings. The van der Waals surface area contributed by atoms with Gasteiger partial charge in [0.25, 0.3) is 5.91 Å². The molecule has 1 amide bonds. The number of fused-ring (bicyclic) bond motifs is 1. The number of nitrogens with zero attached hydrogens (tertiary/aromatic N) is 2. The van der Waals surface area contributed by atoms with Crippen molar-refractivity contribution in [3.05, 3.63) is 65.0 Å². The molecule has 0 unspecified atom stereocenters. The Bertz CT molecular complexity index is 1070. The van der Waals surface area contributed by atoms with Gasteiger partial charge in [-0.05, 0) is 48.6 Å². The van der Waals surface area contributed by atoms with E-state index >= 15 is 0 Å². The van der Waals surface area contributed by atoms with E-state index in [2.05, 4.69) is 9.97 Å². The molecule has 0 atom stereocenters. The first-order valence-electron chi connectivity index (χ1n) is 9.27. The van der Waals surface area contributed by atoms with Crippen molar-refractivity contribution in [3.63, 3.8) is 0 Å². The topological polar surface area (TPSA) is 66.1 Å². The minimum Gasteiger partial charge on any atom is -0.349 e. The summed E-state index contributed by atoms with van der Waals surface area (Å²) in [7, 11) is 0. The van der Waals surface area contributed by atoms with E-state index in [1.807, 2.05) is 0 Å². The second-order valence-electron chi connectivity index (χ2n) is 7.12. The molecule has 0 aliphatic carbocycles. The molecule has 3 aromatic rings. The van der Waals surface area contributed by atoms with Crippen molar-refractivity contribution in [2.45, 2.75) is 24.9 Å². The molecule has 0 bridgehead atoms. The van der Waals surface area contributed by atoms with Crippen LogP contribution in [0.15, 0.2) is 42.5 Å². The van der Waals surface area contributed by atoms with Gasteiger partial charge in [-0.3, -0.25) is 9.59 Å². The van der Waals surface area contributed by atoms with Crippen LogP contribution in [0.5, 0.6) is 0 Å². The summed E-state index contributed by atoms with van der Waals surface area (Å²) >= 11 is 0. The van der Waals surface area contributed by atoms with Crippen LogP contribution in [0, 0.1) is 0 Å². The van der Waals surface area contributed by atoms with Crippen LogP contribution >= 0.6 is 0 Å². The minimum atomic E-state index is -4.39. The number of alkyl halides is 3. The Morgan fingerprint density at radius 3 is 2.55 bits per heavy atom. The molecule has 2 aromatic heterocycles. The number of piperidine rings is 1. The molecule has 4 rings (SSSR count). The van der Waals surface area contributed by atoms with Crippen LogP contribution in [0.25, 0.3) is 11.0 Å². The van der Waals surface area contributed by atoms with E-state index in [1.165, 1.54) is 12.1 Å². The van der Waals surface area contributed by atoms with Crippen molar-refractivity contribution >= 4 is 23.2 Å². The largest absolute Gasteiger partial charge is 0.416 e. The van der Waals surface area contributed by atoms with Gasteiger partial charge >= 0.3 is 6.18 Å². The maximum Gasteiger partial charge on any atom is 0.416 e. The predicted molar refractivity (Wildman–Crippen MR) is 101 cm³/mol. The van der Waals surface area contributed by atoms with E-state index < -0.39 is 11.7 Å². The Morgan fingerprint density at radius 2 is 1.86 bits per heavy atom. The first-order chi connectivity index (χ1) is 13.9. The van der Waals surface area contributed by atoms with Gasteiger partial charge in [0.15, 0.2) is 6.29 Å². The van der Waals surface area contributed by atoms with Crippen molar-refractivity contribution in [1.82, 2.24) is 14.9 Å². The zero-order chi connectivity index (χ0) is 20.6. The Labute approximate surface area is 164 Å². The van der Waals surface area contributed by atoms with Crippen molar-refractivity contribution < 1.29 is 22.8 Å². The Hall–Kier alpha value is -3.16. The lowest BCUT2D eigenvalue weighted by Gasteiger charge is -2.33. The van der Waals surface area contributed by atoms with Crippen LogP contribution in [0.3, 0.4) is 0 Å². The lowest BCUT2D eigenvalue weighted by Crippen LogP contribution is -2.38. The number of carbonyl (C=O) groups is 2. The van der Waals surface area contributed by atoms with Crippen LogP contribution < -0.4 is 0 Å². The Morgan fingerprint density at radius 1 is 1.14 bits per heavy atom. The number of aldehydes is 1. The Balaban J connectivity index is 1.49. The number of halogens is 3. The van der Waals surface area contributed by atoms with Gasteiger partial charge < -0.3 is 9.88 Å². The molecule has 5 nitrogen and oxygen atoms in total. The summed E-state index contributed by atoms with van der Waals surface area (Å²) in [6, 6.07) is 10.5. The number of benzene rings is 1. The number of likely N-dealkylation sites (tertiary alicyclic amines) is 1. The van der Waals surface area contributed by atoms with E-state index in [0.717, 1.165) is 6.07 Å². The molecular formula is C21H18F3N3O2. The van der Waals surface area contributed by atoms with Crippen LogP contribution in [0.1, 0.15) is 50.9 Å². The van der Waals surface area contributed by atoms with E-state index in [0.29, 0.717) is 54.5 Å². The maximum atomic E-state index is 13.3. The number of hydrogen-bond donors (Lipinski definition) is 1. The third-order valence-corrected chi connectivity index (χ3v) is 5.34. The van der Waals surface area contributed by atoms with Gasteiger partial charge in [-0.25, -0.2) is 4.98 Å². The van der Waals surface area contributed by atoms with E-state index in [9.17, 15) is 22.8 Å². The highest BCUT2D eigenvalue weighted by Crippen LogP contribution is 2.38. The number of carbonyl (C=O) groups excluding carboxylic acids is 2. The number of rotatable bonds is 3. The Kier molecular flexibility index (Phi) is 4.86. The summed E-state index contributed by atoms with van der Waals surface area (Å²) in [4.78, 5) is 32.4. The highest BCUT2D eigenvalue weighted by Gasteiger charge is 2.36. The molecule has 0 saturated carbocycles. The van der Waals surface area contributed by atoms with E-state index in [-0.39, 0.29) is 17.5 Å². The lowest BCUT2D eigenvalue weighted by atomic mass is 9.86. The average Bonchev–Trinajstić information content (AvgIpc) is 3.16. The summed E-state index contributed by atoms with van der Waals surface area (Å²) in [6.07, 6.45) is -2.82. The number of aromatic nitrogens is 2. The molecular weight excluding hydrogens is 383 g/mol. The molecule has 1 aromatic carbocycles. The summed E-state index contributed by atoms with van der Waals surface area (Å²) in [5.41, 5.74) is 1.49. The van der Waals surface area contributed by atoms with Crippen molar-refractivity contribution in [3.8, 4) is 0 Å². The molecule has 1 aliphatic heterocycles. The van der Waals surface area contributed by atoms with E-state index in [1.54, 1.807) is 29.2 Å². The highest BCUT2D eigenvalue weighted by molar-refractivity contribution is 5.97. The molecule has 0 spiro atoms. The van der Waals surface area contributed by atoms with Crippen LogP contribution in [0.4, 0.5) is 13.2 Å². The molecule has 29 heavy (non-hydrogen) atoms. The van der Waals surface area contributed by atoms with Gasteiger partial charge in [-0.2, -0.15) is 13.2 Å². The third-order valence-electron chi connectivity index (χ3n) is 5.34. The average molecular weight is 401 g/mol. The van der Waals surface area contributed by atoms with Gasteiger partial charge in [0, 0.05) is 13.1 Å². The monoisotopic (exact) mass is 401 g/mol. The molecule has 1 N–H and O–H groups in total. The second kappa shape index (κ2) is 7.35. The predicted octanol–water partition coefficient (Wildman–Crippen LogP) is 4.41. The van der Waals surface area contributed by atoms with Gasteiger partial charge in [0.05, 0.1) is 16.6 Å². The molecule has 1 fully saturated rings. The quantitative estimate of drug-likeness (QED) is 0.661. The number of nitrogens with one attached hydrogen (secondary N) is 1. The fourth-order valence-corrected chi connectivity index (χ4v) is 3.88. The first-order valence-corrected chi connectivity index (χ1v) is 9.27. The standard InChI is InChI=1S/C21H18F3N3O2/c22-21(23,24)16-4-2-1-3-15(16)13-7-9-27(10-8-13)20(29)19-11-18-17(26-19)6-5-14(12-28)25-18/h1-6,11-13,26H,7-10H2. The SMILES string of the molecule is O=Cc1ccc2[nH]c(C(=O)N3CCC(c4ccccc4C(F)(F)F)CC3)cc2n1. The first kappa shape index (κ1) is 19.2. The molecule has 150 valence electrons. The second-order valence-corrected chi connectivity index (χ2v) is 7.12. The third kappa shape index (κ3) is 3.74. The van der Waals surface area contributed by atoms with Gasteiger partial charge in [0.1, 0.15) is 11.4 Å². The highest BCUT2D eigenvalue weighted by atomic mass is 19.4. The summed E-state index contributed by atoms with van der Waals surface area (Å²) in [5.74, 6) is -0.463. The van der Waals surface area contributed by atoms with Gasteiger partial charge in [-0.1, -0.05) is 18.2 Å². The van der Waals surface area contributed by atoms with Gasteiger partial charge in [0.2, 0.25) is 0 Å². The van der Waals surface area contributed by atoms with Gasteiger partial charge in [-0.15, -0.1) is 0 Å². The molecule has 1 saturated heterocycles. The van der Waals surface area contributed by atoms with Crippen LogP contribution in [-0.4, -0.2) is 40.2 Å². The lowest BCUT2D eigenvalue weighted by molar-refractivity contribution is -0.138. The number of pyridine rings is 1. The zero-order valence-electron chi connectivity index (χ0n) is 15.4. The number of amides is 1. The maximum absolute atomic E-state index is 13.3. The molecule has 8 heteroatoms. The van der Waals surface area contributed by atoms with Crippen LogP contribution in [0.2, 0.25) is 0 Å². The van der Waals surface area contributed by atoms with Crippen molar-refractivity contribution in [1.29, 1.82) is 0 Å². The van der Waals surface area contributed by atoms with Crippen LogP contribution in [-0.2, 0) is 6.18 Å². The van der Waals surface area contributed by atoms with E-state index in [4.69, 9.17) is 0 Å². The fourth-order valence-electron chi connectivity index (χ4n) is 3.88. The fraction of sp³-hybridized carbons (Fsp3) is 0.286. The molecule has 3 heterocycles. The van der Waals surface area contributed by atoms with Crippen molar-refractivity contribution in [2.75, 3.05) is 13.1 Å².